The van der Waals surface area contributed by atoms with Crippen molar-refractivity contribution >= 4 is 23.5 Å². The number of aryl methyl sites for hydroxylation is 1. The first-order chi connectivity index (χ1) is 13.4. The summed E-state index contributed by atoms with van der Waals surface area (Å²) >= 11 is 0. The summed E-state index contributed by atoms with van der Waals surface area (Å²) < 4.78 is 78.5. The van der Waals surface area contributed by atoms with E-state index in [4.69, 9.17) is 19.4 Å². The SMILES string of the molecule is Cc1cn([C@H]2C[C@H](F)[C@@](F)(COP(=O)(O)OP(=O)(O)OP(=O)(O)O)O2)c(=O)[nH]c1=O. The van der Waals surface area contributed by atoms with E-state index in [2.05, 4.69) is 13.1 Å². The molecule has 1 aromatic rings. The van der Waals surface area contributed by atoms with E-state index in [1.807, 2.05) is 4.98 Å². The van der Waals surface area contributed by atoms with Crippen LogP contribution in [-0.4, -0.2) is 47.8 Å². The Bertz CT molecular complexity index is 1070. The number of halogens is 2. The van der Waals surface area contributed by atoms with E-state index < -0.39 is 66.0 Å². The zero-order valence-electron chi connectivity index (χ0n) is 14.7. The summed E-state index contributed by atoms with van der Waals surface area (Å²) in [5, 5.41) is 0. The molecule has 0 amide bonds. The quantitative estimate of drug-likeness (QED) is 0.298. The molecule has 5 atom stereocenters. The van der Waals surface area contributed by atoms with Gasteiger partial charge in [-0.05, 0) is 6.92 Å². The minimum atomic E-state index is -5.85. The van der Waals surface area contributed by atoms with Crippen molar-refractivity contribution in [2.75, 3.05) is 6.61 Å². The van der Waals surface area contributed by atoms with Crippen molar-refractivity contribution in [3.8, 4) is 0 Å². The number of ether oxygens (including phenoxy) is 1. The molecule has 0 spiro atoms. The van der Waals surface area contributed by atoms with Gasteiger partial charge in [-0.2, -0.15) is 8.62 Å². The van der Waals surface area contributed by atoms with E-state index in [0.29, 0.717) is 4.57 Å². The van der Waals surface area contributed by atoms with E-state index in [1.165, 1.54) is 6.92 Å². The van der Waals surface area contributed by atoms with Crippen LogP contribution in [0.15, 0.2) is 15.8 Å². The number of nitrogens with one attached hydrogen (secondary N) is 1. The third kappa shape index (κ3) is 6.45. The molecule has 172 valence electrons. The van der Waals surface area contributed by atoms with Gasteiger partial charge in [-0.1, -0.05) is 0 Å². The van der Waals surface area contributed by atoms with Crippen molar-refractivity contribution in [1.29, 1.82) is 0 Å². The van der Waals surface area contributed by atoms with Gasteiger partial charge in [-0.25, -0.2) is 27.3 Å². The van der Waals surface area contributed by atoms with E-state index in [1.54, 1.807) is 0 Å². The highest BCUT2D eigenvalue weighted by atomic mass is 31.3. The average Bonchev–Trinajstić information content (AvgIpc) is 2.81. The third-order valence-corrected chi connectivity index (χ3v) is 7.29. The van der Waals surface area contributed by atoms with E-state index in [-0.39, 0.29) is 5.56 Å². The second kappa shape index (κ2) is 8.45. The third-order valence-electron chi connectivity index (χ3n) is 3.50. The van der Waals surface area contributed by atoms with Crippen LogP contribution in [-0.2, 0) is 31.6 Å². The number of hydrogen-bond acceptors (Lipinski definition) is 9. The van der Waals surface area contributed by atoms with E-state index in [9.17, 15) is 37.0 Å². The average molecular weight is 502 g/mol. The zero-order chi connectivity index (χ0) is 23.1. The largest absolute Gasteiger partial charge is 0.490 e. The first-order valence-corrected chi connectivity index (χ1v) is 12.1. The predicted octanol–water partition coefficient (Wildman–Crippen LogP) is 0.111. The Kier molecular flexibility index (Phi) is 7.09. The minimum Gasteiger partial charge on any atom is -0.317 e. The van der Waals surface area contributed by atoms with Crippen molar-refractivity contribution in [2.24, 2.45) is 0 Å². The maximum atomic E-state index is 14.7. The first kappa shape index (κ1) is 25.2. The molecule has 1 aromatic heterocycles. The van der Waals surface area contributed by atoms with Crippen LogP contribution in [0.4, 0.5) is 8.78 Å². The number of aromatic nitrogens is 2. The molecule has 2 unspecified atom stereocenters. The number of phosphoric acid groups is 3. The maximum Gasteiger partial charge on any atom is 0.490 e. The van der Waals surface area contributed by atoms with Crippen LogP contribution >= 0.6 is 23.5 Å². The van der Waals surface area contributed by atoms with Gasteiger partial charge in [0.2, 0.25) is 0 Å². The van der Waals surface area contributed by atoms with Gasteiger partial charge >= 0.3 is 29.2 Å². The lowest BCUT2D eigenvalue weighted by molar-refractivity contribution is -0.193. The Balaban J connectivity index is 2.11. The molecule has 1 fully saturated rings. The van der Waals surface area contributed by atoms with Crippen molar-refractivity contribution in [1.82, 2.24) is 9.55 Å². The van der Waals surface area contributed by atoms with Crippen molar-refractivity contribution in [3.63, 3.8) is 0 Å². The van der Waals surface area contributed by atoms with Gasteiger partial charge in [-0.3, -0.25) is 18.9 Å². The van der Waals surface area contributed by atoms with Gasteiger partial charge < -0.3 is 24.3 Å². The molecule has 2 heterocycles. The smallest absolute Gasteiger partial charge is 0.317 e. The number of rotatable bonds is 8. The normalized spacial score (nSPS) is 28.8. The summed E-state index contributed by atoms with van der Waals surface area (Å²) in [6.45, 7) is -0.403. The number of aromatic amines is 1. The summed E-state index contributed by atoms with van der Waals surface area (Å²) in [5.74, 6) is -3.44. The molecule has 0 aliphatic carbocycles. The molecule has 0 saturated carbocycles. The Morgan fingerprint density at radius 2 is 1.83 bits per heavy atom. The summed E-state index contributed by atoms with van der Waals surface area (Å²) in [5.41, 5.74) is -1.79. The second-order valence-electron chi connectivity index (χ2n) is 5.91. The van der Waals surface area contributed by atoms with Crippen LogP contribution in [0.25, 0.3) is 0 Å². The predicted molar refractivity (Wildman–Crippen MR) is 89.4 cm³/mol. The molecular weight excluding hydrogens is 487 g/mol. The fourth-order valence-electron chi connectivity index (χ4n) is 2.27. The molecule has 0 aromatic carbocycles. The molecule has 20 heteroatoms. The van der Waals surface area contributed by atoms with Gasteiger partial charge in [0, 0.05) is 18.2 Å². The molecule has 0 radical (unpaired) electrons. The summed E-state index contributed by atoms with van der Waals surface area (Å²) in [4.78, 5) is 60.2. The zero-order valence-corrected chi connectivity index (χ0v) is 17.3. The summed E-state index contributed by atoms with van der Waals surface area (Å²) in [7, 11) is -17.2. The molecule has 0 bridgehead atoms. The Morgan fingerprint density at radius 1 is 1.23 bits per heavy atom. The summed E-state index contributed by atoms with van der Waals surface area (Å²) in [6.07, 6.45) is -3.96. The highest BCUT2D eigenvalue weighted by Gasteiger charge is 2.53. The van der Waals surface area contributed by atoms with Gasteiger partial charge in [0.25, 0.3) is 11.4 Å². The first-order valence-electron chi connectivity index (χ1n) is 7.54. The molecular formula is C10H15F2N2O13P3. The fraction of sp³-hybridized carbons (Fsp3) is 0.600. The molecule has 30 heavy (non-hydrogen) atoms. The summed E-state index contributed by atoms with van der Waals surface area (Å²) in [6, 6.07) is 0. The van der Waals surface area contributed by atoms with E-state index in [0.717, 1.165) is 6.20 Å². The lowest BCUT2D eigenvalue weighted by Crippen LogP contribution is -2.38. The Hall–Kier alpha value is -1.09. The highest BCUT2D eigenvalue weighted by Crippen LogP contribution is 2.66. The number of nitrogens with zero attached hydrogens (tertiary/aromatic N) is 1. The Morgan fingerprint density at radius 3 is 2.40 bits per heavy atom. The van der Waals surface area contributed by atoms with Gasteiger partial charge in [0.05, 0.1) is 0 Å². The van der Waals surface area contributed by atoms with Crippen molar-refractivity contribution in [2.45, 2.75) is 31.6 Å². The lowest BCUT2D eigenvalue weighted by atomic mass is 10.2. The van der Waals surface area contributed by atoms with Crippen molar-refractivity contribution in [3.05, 3.63) is 32.6 Å². The topological polar surface area (TPSA) is 224 Å². The van der Waals surface area contributed by atoms with Crippen LogP contribution < -0.4 is 11.2 Å². The van der Waals surface area contributed by atoms with Crippen LogP contribution in [0.2, 0.25) is 0 Å². The number of phosphoric ester groups is 1. The van der Waals surface area contributed by atoms with E-state index >= 15 is 0 Å². The fourth-order valence-corrected chi connectivity index (χ4v) is 5.30. The van der Waals surface area contributed by atoms with Gasteiger partial charge in [0.15, 0.2) is 6.17 Å². The molecule has 1 aliphatic heterocycles. The highest BCUT2D eigenvalue weighted by molar-refractivity contribution is 7.66. The minimum absolute atomic E-state index is 0.0122. The maximum absolute atomic E-state index is 14.7. The van der Waals surface area contributed by atoms with Gasteiger partial charge in [-0.15, -0.1) is 0 Å². The number of H-pyrrole nitrogens is 1. The van der Waals surface area contributed by atoms with Gasteiger partial charge in [0.1, 0.15) is 12.8 Å². The molecule has 15 nitrogen and oxygen atoms in total. The molecule has 1 aliphatic rings. The van der Waals surface area contributed by atoms with Crippen LogP contribution in [0.5, 0.6) is 0 Å². The Labute approximate surface area is 164 Å². The standard InChI is InChI=1S/C10H15F2N2O13P3/c1-5-3-14(9(16)13-8(5)15)7-2-6(11)10(12,25-7)4-24-29(20,21)27-30(22,23)26-28(17,18)19/h3,6-7H,2,4H2,1H3,(H,20,21)(H,22,23)(H,13,15,16)(H2,17,18,19)/t6-,7+,10+/m0/s1. The molecule has 5 N–H and O–H groups in total. The number of hydrogen-bond donors (Lipinski definition) is 5. The van der Waals surface area contributed by atoms with Crippen LogP contribution in [0, 0.1) is 6.92 Å². The monoisotopic (exact) mass is 502 g/mol. The van der Waals surface area contributed by atoms with Crippen LogP contribution in [0.3, 0.4) is 0 Å². The second-order valence-corrected chi connectivity index (χ2v) is 10.3. The lowest BCUT2D eigenvalue weighted by Gasteiger charge is -2.24. The van der Waals surface area contributed by atoms with Crippen molar-refractivity contribution < 1.29 is 59.9 Å². The molecule has 2 rings (SSSR count). The van der Waals surface area contributed by atoms with Crippen LogP contribution in [0.1, 0.15) is 18.2 Å². The molecule has 1 saturated heterocycles. The number of alkyl halides is 2.